The lowest BCUT2D eigenvalue weighted by molar-refractivity contribution is -0.174. The second-order valence-corrected chi connectivity index (χ2v) is 4.49. The maximum Gasteiger partial charge on any atom is 0.410 e. The van der Waals surface area contributed by atoms with Crippen molar-refractivity contribution >= 4 is 12.1 Å². The van der Waals surface area contributed by atoms with E-state index < -0.39 is 30.3 Å². The molecular formula is C12H16F3NO4. The molecule has 0 aromatic rings. The fraction of sp³-hybridized carbons (Fsp3) is 0.667. The molecule has 0 radical (unpaired) electrons. The number of alkyl halides is 3. The van der Waals surface area contributed by atoms with E-state index in [1.807, 2.05) is 0 Å². The van der Waals surface area contributed by atoms with Gasteiger partial charge >= 0.3 is 18.2 Å². The molecule has 0 bridgehead atoms. The molecule has 114 valence electrons. The Bertz CT molecular complexity index is 383. The van der Waals surface area contributed by atoms with Crippen molar-refractivity contribution in [1.82, 2.24) is 4.90 Å². The van der Waals surface area contributed by atoms with Gasteiger partial charge in [0, 0.05) is 12.5 Å². The monoisotopic (exact) mass is 295 g/mol. The summed E-state index contributed by atoms with van der Waals surface area (Å²) >= 11 is 0. The number of ether oxygens (including phenoxy) is 1. The Labute approximate surface area is 114 Å². The number of carbonyl (C=O) groups is 2. The summed E-state index contributed by atoms with van der Waals surface area (Å²) in [6.45, 7) is 3.12. The Kier molecular flexibility index (Phi) is 5.41. The van der Waals surface area contributed by atoms with E-state index in [0.29, 0.717) is 4.90 Å². The largest absolute Gasteiger partial charge is 0.481 e. The van der Waals surface area contributed by atoms with Crippen LogP contribution < -0.4 is 0 Å². The van der Waals surface area contributed by atoms with Crippen LogP contribution in [0.3, 0.4) is 0 Å². The maximum atomic E-state index is 12.9. The van der Waals surface area contributed by atoms with Crippen molar-refractivity contribution in [3.63, 3.8) is 0 Å². The molecule has 1 N–H and O–H groups in total. The van der Waals surface area contributed by atoms with Crippen molar-refractivity contribution in [2.45, 2.75) is 43.9 Å². The molecule has 0 aliphatic carbocycles. The zero-order chi connectivity index (χ0) is 15.3. The number of likely N-dealkylation sites (tertiary alicyclic amines) is 1. The minimum Gasteiger partial charge on any atom is -0.481 e. The van der Waals surface area contributed by atoms with Gasteiger partial charge in [-0.25, -0.2) is 4.79 Å². The lowest BCUT2D eigenvalue weighted by Gasteiger charge is -2.30. The van der Waals surface area contributed by atoms with Crippen LogP contribution in [0.25, 0.3) is 0 Å². The van der Waals surface area contributed by atoms with Gasteiger partial charge in [-0.2, -0.15) is 13.2 Å². The Hall–Kier alpha value is -1.73. The molecule has 1 aliphatic heterocycles. The van der Waals surface area contributed by atoms with Crippen LogP contribution in [0.5, 0.6) is 0 Å². The molecule has 1 rings (SSSR count). The number of nitrogens with zero attached hydrogens (tertiary/aromatic N) is 1. The average Bonchev–Trinajstić information content (AvgIpc) is 2.77. The van der Waals surface area contributed by atoms with Gasteiger partial charge in [-0.05, 0) is 19.3 Å². The smallest absolute Gasteiger partial charge is 0.410 e. The lowest BCUT2D eigenvalue weighted by atomic mass is 10.1. The van der Waals surface area contributed by atoms with Crippen LogP contribution in [-0.4, -0.2) is 46.9 Å². The fourth-order valence-corrected chi connectivity index (χ4v) is 2.26. The van der Waals surface area contributed by atoms with Crippen molar-refractivity contribution in [2.75, 3.05) is 6.61 Å². The highest BCUT2D eigenvalue weighted by Gasteiger charge is 2.51. The predicted molar refractivity (Wildman–Crippen MR) is 63.1 cm³/mol. The molecule has 0 aromatic heterocycles. The van der Waals surface area contributed by atoms with Gasteiger partial charge in [-0.3, -0.25) is 9.69 Å². The Morgan fingerprint density at radius 1 is 1.40 bits per heavy atom. The third kappa shape index (κ3) is 4.14. The molecule has 0 unspecified atom stereocenters. The van der Waals surface area contributed by atoms with Crippen LogP contribution in [0.4, 0.5) is 18.0 Å². The van der Waals surface area contributed by atoms with Crippen LogP contribution in [0.1, 0.15) is 25.7 Å². The normalized spacial score (nSPS) is 22.6. The third-order valence-electron chi connectivity index (χ3n) is 3.11. The standard InChI is InChI=1S/C12H16F3NO4/c1-2-7-20-11(19)16-8(4-6-10(17)18)3-5-9(16)12(13,14)15/h2,8-9H,1,3-7H2,(H,17,18)/t8-,9+/m0/s1. The van der Waals surface area contributed by atoms with E-state index in [9.17, 15) is 22.8 Å². The number of hydrogen-bond acceptors (Lipinski definition) is 3. The van der Waals surface area contributed by atoms with E-state index in [1.54, 1.807) is 0 Å². The topological polar surface area (TPSA) is 66.8 Å². The second kappa shape index (κ2) is 6.62. The number of aliphatic carboxylic acids is 1. The summed E-state index contributed by atoms with van der Waals surface area (Å²) in [6, 6.07) is -2.69. The van der Waals surface area contributed by atoms with Crippen LogP contribution in [0, 0.1) is 0 Å². The van der Waals surface area contributed by atoms with E-state index in [4.69, 9.17) is 5.11 Å². The molecule has 5 nitrogen and oxygen atoms in total. The Morgan fingerprint density at radius 2 is 2.05 bits per heavy atom. The highest BCUT2D eigenvalue weighted by Crippen LogP contribution is 2.37. The summed E-state index contributed by atoms with van der Waals surface area (Å²) in [6.07, 6.45) is -4.82. The van der Waals surface area contributed by atoms with Gasteiger partial charge in [0.1, 0.15) is 12.6 Å². The summed E-state index contributed by atoms with van der Waals surface area (Å²) in [5, 5.41) is 8.60. The average molecular weight is 295 g/mol. The molecule has 1 fully saturated rings. The summed E-state index contributed by atoms with van der Waals surface area (Å²) < 4.78 is 43.3. The van der Waals surface area contributed by atoms with E-state index in [-0.39, 0.29) is 32.3 Å². The maximum absolute atomic E-state index is 12.9. The first-order valence-corrected chi connectivity index (χ1v) is 6.12. The first-order valence-electron chi connectivity index (χ1n) is 6.12. The highest BCUT2D eigenvalue weighted by molar-refractivity contribution is 5.70. The van der Waals surface area contributed by atoms with Gasteiger partial charge in [0.2, 0.25) is 0 Å². The quantitative estimate of drug-likeness (QED) is 0.792. The van der Waals surface area contributed by atoms with Crippen LogP contribution >= 0.6 is 0 Å². The molecule has 0 spiro atoms. The fourth-order valence-electron chi connectivity index (χ4n) is 2.26. The molecule has 8 heteroatoms. The molecule has 1 saturated heterocycles. The molecular weight excluding hydrogens is 279 g/mol. The van der Waals surface area contributed by atoms with Gasteiger partial charge < -0.3 is 9.84 Å². The minimum atomic E-state index is -4.55. The first-order chi connectivity index (χ1) is 9.27. The van der Waals surface area contributed by atoms with Crippen molar-refractivity contribution in [2.24, 2.45) is 0 Å². The van der Waals surface area contributed by atoms with Gasteiger partial charge in [-0.1, -0.05) is 12.7 Å². The van der Waals surface area contributed by atoms with Gasteiger partial charge in [0.05, 0.1) is 0 Å². The van der Waals surface area contributed by atoms with Crippen molar-refractivity contribution in [3.8, 4) is 0 Å². The van der Waals surface area contributed by atoms with Gasteiger partial charge in [-0.15, -0.1) is 0 Å². The van der Waals surface area contributed by atoms with E-state index in [1.165, 1.54) is 6.08 Å². The minimum absolute atomic E-state index is 0.0227. The SMILES string of the molecule is C=CCOC(=O)N1[C@H](CCC(=O)O)CC[C@@H]1C(F)(F)F. The summed E-state index contributed by atoms with van der Waals surface area (Å²) in [4.78, 5) is 22.9. The highest BCUT2D eigenvalue weighted by atomic mass is 19.4. The van der Waals surface area contributed by atoms with E-state index in [0.717, 1.165) is 0 Å². The zero-order valence-electron chi connectivity index (χ0n) is 10.7. The van der Waals surface area contributed by atoms with E-state index >= 15 is 0 Å². The molecule has 1 heterocycles. The van der Waals surface area contributed by atoms with Crippen LogP contribution in [0.15, 0.2) is 12.7 Å². The number of amides is 1. The number of carbonyl (C=O) groups excluding carboxylic acids is 1. The summed E-state index contributed by atoms with van der Waals surface area (Å²) in [5.74, 6) is -1.11. The van der Waals surface area contributed by atoms with Crippen LogP contribution in [-0.2, 0) is 9.53 Å². The zero-order valence-corrected chi connectivity index (χ0v) is 10.7. The summed E-state index contributed by atoms with van der Waals surface area (Å²) in [5.41, 5.74) is 0. The van der Waals surface area contributed by atoms with Crippen LogP contribution in [0.2, 0.25) is 0 Å². The molecule has 1 aliphatic rings. The number of hydrogen-bond donors (Lipinski definition) is 1. The number of carboxylic acids is 1. The molecule has 0 saturated carbocycles. The third-order valence-corrected chi connectivity index (χ3v) is 3.11. The van der Waals surface area contributed by atoms with E-state index in [2.05, 4.69) is 11.3 Å². The number of rotatable bonds is 5. The van der Waals surface area contributed by atoms with Crippen molar-refractivity contribution in [1.29, 1.82) is 0 Å². The first kappa shape index (κ1) is 16.3. The summed E-state index contributed by atoms with van der Waals surface area (Å²) in [7, 11) is 0. The molecule has 0 aromatic carbocycles. The van der Waals surface area contributed by atoms with Crippen molar-refractivity contribution < 1.29 is 32.6 Å². The van der Waals surface area contributed by atoms with Crippen molar-refractivity contribution in [3.05, 3.63) is 12.7 Å². The Balaban J connectivity index is 2.81. The van der Waals surface area contributed by atoms with Gasteiger partial charge in [0.15, 0.2) is 0 Å². The number of carboxylic acid groups (broad SMARTS) is 1. The van der Waals surface area contributed by atoms with Gasteiger partial charge in [0.25, 0.3) is 0 Å². The molecule has 1 amide bonds. The number of halogens is 3. The molecule has 20 heavy (non-hydrogen) atoms. The lowest BCUT2D eigenvalue weighted by Crippen LogP contribution is -2.48. The predicted octanol–water partition coefficient (Wildman–Crippen LogP) is 2.57. The Morgan fingerprint density at radius 3 is 2.55 bits per heavy atom. The molecule has 2 atom stereocenters. The second-order valence-electron chi connectivity index (χ2n) is 4.49.